The Bertz CT molecular complexity index is 938. The van der Waals surface area contributed by atoms with Crippen LogP contribution in [0.25, 0.3) is 0 Å². The minimum atomic E-state index is -0.788. The number of fused-ring (bicyclic) bond motifs is 1. The van der Waals surface area contributed by atoms with Gasteiger partial charge in [-0.3, -0.25) is 0 Å². The van der Waals surface area contributed by atoms with Gasteiger partial charge < -0.3 is 39.9 Å². The number of methoxy groups -OCH3 is 4. The van der Waals surface area contributed by atoms with Crippen molar-refractivity contribution in [3.63, 3.8) is 0 Å². The fourth-order valence-corrected chi connectivity index (χ4v) is 2.70. The summed E-state index contributed by atoms with van der Waals surface area (Å²) in [6.07, 6.45) is 0. The highest BCUT2D eigenvalue weighted by Gasteiger charge is 2.27. The first-order chi connectivity index (χ1) is 13.9. The summed E-state index contributed by atoms with van der Waals surface area (Å²) in [7, 11) is 5.75. The average molecular weight is 403 g/mol. The number of anilines is 2. The number of hydrogen-bond donors (Lipinski definition) is 1. The Kier molecular flexibility index (Phi) is 5.50. The van der Waals surface area contributed by atoms with E-state index in [0.717, 1.165) is 5.06 Å². The number of carbonyl (C=O) groups excluding carboxylic acids is 1. The number of ether oxygens (including phenoxy) is 4. The van der Waals surface area contributed by atoms with Gasteiger partial charge in [-0.15, -0.1) is 10.2 Å². The zero-order valence-corrected chi connectivity index (χ0v) is 16.2. The topological polar surface area (TPSA) is 131 Å². The van der Waals surface area contributed by atoms with Gasteiger partial charge in [-0.25, -0.2) is 4.79 Å². The molecule has 0 fully saturated rings. The number of carbonyl (C=O) groups is 1. The zero-order valence-electron chi connectivity index (χ0n) is 16.2. The van der Waals surface area contributed by atoms with Crippen LogP contribution in [0.5, 0.6) is 23.0 Å². The largest absolute Gasteiger partial charge is 0.737 e. The second kappa shape index (κ2) is 8.02. The predicted molar refractivity (Wildman–Crippen MR) is 104 cm³/mol. The minimum Gasteiger partial charge on any atom is -0.737 e. The lowest BCUT2D eigenvalue weighted by Crippen LogP contribution is -2.43. The normalized spacial score (nSPS) is 12.7. The number of hydrazone groups is 1. The lowest BCUT2D eigenvalue weighted by Gasteiger charge is -2.36. The Balaban J connectivity index is 1.96. The van der Waals surface area contributed by atoms with Crippen molar-refractivity contribution < 1.29 is 28.6 Å². The van der Waals surface area contributed by atoms with Gasteiger partial charge in [-0.1, -0.05) is 0 Å². The Morgan fingerprint density at radius 3 is 2.17 bits per heavy atom. The second-order valence-electron chi connectivity index (χ2n) is 5.67. The molecule has 29 heavy (non-hydrogen) atoms. The SMILES string of the molecule is COc1ccc2c(c1)N([O-])N=C(N)N2OC(=O)c1cc(OC)c(OC)c(OC)c1. The van der Waals surface area contributed by atoms with Gasteiger partial charge >= 0.3 is 5.97 Å². The van der Waals surface area contributed by atoms with Crippen molar-refractivity contribution in [2.24, 2.45) is 10.8 Å². The van der Waals surface area contributed by atoms with Gasteiger partial charge in [0.15, 0.2) is 11.5 Å². The van der Waals surface area contributed by atoms with E-state index in [1.807, 2.05) is 0 Å². The summed E-state index contributed by atoms with van der Waals surface area (Å²) >= 11 is 0. The van der Waals surface area contributed by atoms with E-state index in [4.69, 9.17) is 29.5 Å². The van der Waals surface area contributed by atoms with Crippen molar-refractivity contribution in [3.8, 4) is 23.0 Å². The standard InChI is InChI=1S/C18H19N4O7/c1-25-11-5-6-12-13(9-11)22(24)20-18(19)21(12)29-17(23)10-7-14(26-2)16(28-4)15(8-10)27-3/h5-9H,1-4H3,(H2,19,20)/q-1. The third-order valence-electron chi connectivity index (χ3n) is 4.08. The highest BCUT2D eigenvalue weighted by molar-refractivity contribution is 6.03. The number of nitrogens with two attached hydrogens (primary N) is 1. The van der Waals surface area contributed by atoms with Crippen LogP contribution in [0, 0.1) is 5.21 Å². The minimum absolute atomic E-state index is 0.0937. The van der Waals surface area contributed by atoms with Gasteiger partial charge in [0.05, 0.1) is 39.7 Å². The molecule has 1 aliphatic rings. The van der Waals surface area contributed by atoms with E-state index in [1.54, 1.807) is 6.07 Å². The summed E-state index contributed by atoms with van der Waals surface area (Å²) in [4.78, 5) is 18.2. The smallest absolute Gasteiger partial charge is 0.364 e. The number of benzene rings is 2. The molecule has 0 radical (unpaired) electrons. The van der Waals surface area contributed by atoms with E-state index in [2.05, 4.69) is 5.10 Å². The Morgan fingerprint density at radius 1 is 0.966 bits per heavy atom. The van der Waals surface area contributed by atoms with Crippen LogP contribution in [0.3, 0.4) is 0 Å². The van der Waals surface area contributed by atoms with E-state index in [1.165, 1.54) is 52.7 Å². The van der Waals surface area contributed by atoms with E-state index in [-0.39, 0.29) is 34.4 Å². The van der Waals surface area contributed by atoms with Gasteiger partial charge in [-0.2, -0.15) is 0 Å². The van der Waals surface area contributed by atoms with Crippen molar-refractivity contribution in [1.82, 2.24) is 0 Å². The number of hydroxylamine groups is 1. The van der Waals surface area contributed by atoms with Crippen LogP contribution in [0.2, 0.25) is 0 Å². The summed E-state index contributed by atoms with van der Waals surface area (Å²) in [6, 6.07) is 7.40. The first-order valence-corrected chi connectivity index (χ1v) is 8.25. The highest BCUT2D eigenvalue weighted by Crippen LogP contribution is 2.39. The summed E-state index contributed by atoms with van der Waals surface area (Å²) < 4.78 is 20.8. The number of hydrogen-bond acceptors (Lipinski definition) is 11. The quantitative estimate of drug-likeness (QED) is 0.762. The molecule has 0 bridgehead atoms. The molecule has 0 amide bonds. The van der Waals surface area contributed by atoms with Crippen LogP contribution in [-0.4, -0.2) is 40.4 Å². The first-order valence-electron chi connectivity index (χ1n) is 8.25. The van der Waals surface area contributed by atoms with Crippen LogP contribution in [0.15, 0.2) is 35.4 Å². The van der Waals surface area contributed by atoms with E-state index < -0.39 is 5.97 Å². The third kappa shape index (κ3) is 3.62. The van der Waals surface area contributed by atoms with Gasteiger partial charge in [0, 0.05) is 6.07 Å². The van der Waals surface area contributed by atoms with Crippen LogP contribution in [0.1, 0.15) is 10.4 Å². The summed E-state index contributed by atoms with van der Waals surface area (Å²) in [5.41, 5.74) is 6.21. The zero-order chi connectivity index (χ0) is 21.1. The molecule has 3 rings (SSSR count). The van der Waals surface area contributed by atoms with Crippen molar-refractivity contribution in [3.05, 3.63) is 41.1 Å². The first kappa shape index (κ1) is 19.9. The van der Waals surface area contributed by atoms with Gasteiger partial charge in [-0.05, 0) is 24.3 Å². The van der Waals surface area contributed by atoms with Crippen LogP contribution in [-0.2, 0) is 4.84 Å². The molecule has 1 aliphatic heterocycles. The fourth-order valence-electron chi connectivity index (χ4n) is 2.70. The van der Waals surface area contributed by atoms with Gasteiger partial charge in [0.25, 0.3) is 5.96 Å². The number of nitrogens with zero attached hydrogens (tertiary/aromatic N) is 3. The predicted octanol–water partition coefficient (Wildman–Crippen LogP) is 1.85. The lowest BCUT2D eigenvalue weighted by molar-refractivity contribution is 0.0514. The molecule has 2 aromatic carbocycles. The molecule has 0 aromatic heterocycles. The van der Waals surface area contributed by atoms with Crippen LogP contribution < -0.4 is 34.9 Å². The van der Waals surface area contributed by atoms with E-state index >= 15 is 0 Å². The Morgan fingerprint density at radius 2 is 1.62 bits per heavy atom. The number of guanidine groups is 1. The van der Waals surface area contributed by atoms with Gasteiger partial charge in [0.2, 0.25) is 5.75 Å². The average Bonchev–Trinajstić information content (AvgIpc) is 2.74. The third-order valence-corrected chi connectivity index (χ3v) is 4.08. The van der Waals surface area contributed by atoms with Crippen molar-refractivity contribution in [2.75, 3.05) is 38.7 Å². The van der Waals surface area contributed by atoms with Crippen molar-refractivity contribution in [1.29, 1.82) is 0 Å². The van der Waals surface area contributed by atoms with Gasteiger partial charge in [0.1, 0.15) is 11.4 Å². The fraction of sp³-hybridized carbons (Fsp3) is 0.222. The Labute approximate surface area is 166 Å². The second-order valence-corrected chi connectivity index (χ2v) is 5.67. The maximum absolute atomic E-state index is 12.8. The summed E-state index contributed by atoms with van der Waals surface area (Å²) in [6.45, 7) is 0. The van der Waals surface area contributed by atoms with Crippen LogP contribution >= 0.6 is 0 Å². The molecule has 154 valence electrons. The molecule has 0 unspecified atom stereocenters. The molecular formula is C18H19N4O7-. The maximum Gasteiger partial charge on any atom is 0.364 e. The van der Waals surface area contributed by atoms with E-state index in [9.17, 15) is 10.0 Å². The van der Waals surface area contributed by atoms with Crippen molar-refractivity contribution in [2.45, 2.75) is 0 Å². The molecular weight excluding hydrogens is 384 g/mol. The molecule has 0 saturated carbocycles. The molecule has 0 atom stereocenters. The van der Waals surface area contributed by atoms with Crippen LogP contribution in [0.4, 0.5) is 11.4 Å². The molecule has 1 heterocycles. The molecule has 0 saturated heterocycles. The molecule has 0 spiro atoms. The maximum atomic E-state index is 12.8. The monoisotopic (exact) mass is 403 g/mol. The lowest BCUT2D eigenvalue weighted by atomic mass is 10.2. The highest BCUT2D eigenvalue weighted by atomic mass is 16.7. The molecule has 11 nitrogen and oxygen atoms in total. The molecule has 2 N–H and O–H groups in total. The molecule has 11 heteroatoms. The Hall–Kier alpha value is -3.86. The van der Waals surface area contributed by atoms with E-state index in [0.29, 0.717) is 16.7 Å². The summed E-state index contributed by atoms with van der Waals surface area (Å²) in [5.74, 6) is 0.188. The molecule has 0 aliphatic carbocycles. The van der Waals surface area contributed by atoms with Crippen molar-refractivity contribution >= 4 is 23.3 Å². The molecule has 2 aromatic rings. The summed E-state index contributed by atoms with van der Waals surface area (Å²) in [5, 5.41) is 17.0. The number of rotatable bonds is 6.